The standard InChI is InChI=1S/C25H43NO/c1-17(2)18-10-12-21-19(16-18)11-13-22-24(21,3)14-7-15-25(22,4)23(27)26-20-8-5-6-9-20/h17-22H,5-16H2,1-4H3,(H,26,27)/t18?,19?,21-,22+,24+,25+/m0/s1. The Balaban J connectivity index is 1.52. The molecule has 0 spiro atoms. The van der Waals surface area contributed by atoms with Crippen LogP contribution in [0, 0.1) is 40.4 Å². The minimum absolute atomic E-state index is 0.130. The first-order valence-corrected chi connectivity index (χ1v) is 12.2. The monoisotopic (exact) mass is 373 g/mol. The molecule has 0 bridgehead atoms. The number of fused-ring (bicyclic) bond motifs is 3. The van der Waals surface area contributed by atoms with Crippen molar-refractivity contribution in [2.45, 2.75) is 111 Å². The minimum Gasteiger partial charge on any atom is -0.353 e. The topological polar surface area (TPSA) is 29.1 Å². The van der Waals surface area contributed by atoms with Crippen molar-refractivity contribution < 1.29 is 4.79 Å². The predicted molar refractivity (Wildman–Crippen MR) is 112 cm³/mol. The van der Waals surface area contributed by atoms with E-state index in [1.807, 2.05) is 0 Å². The normalized spacial score (nSPS) is 45.4. The van der Waals surface area contributed by atoms with Gasteiger partial charge in [0.05, 0.1) is 0 Å². The molecule has 27 heavy (non-hydrogen) atoms. The lowest BCUT2D eigenvalue weighted by Crippen LogP contribution is -2.58. The average Bonchev–Trinajstić information content (AvgIpc) is 3.14. The quantitative estimate of drug-likeness (QED) is 0.614. The zero-order chi connectivity index (χ0) is 19.2. The van der Waals surface area contributed by atoms with Crippen LogP contribution in [-0.2, 0) is 4.79 Å². The number of nitrogens with one attached hydrogen (secondary N) is 1. The molecule has 4 saturated carbocycles. The largest absolute Gasteiger partial charge is 0.353 e. The SMILES string of the molecule is CC(C)C1CC[C@H]2C(CC[C@@H]3[C@]2(C)CCC[C@@]3(C)C(=O)NC2CCCC2)C1. The molecule has 4 fully saturated rings. The van der Waals surface area contributed by atoms with Crippen molar-refractivity contribution >= 4 is 5.91 Å². The fourth-order valence-corrected chi connectivity index (χ4v) is 8.17. The first-order valence-electron chi connectivity index (χ1n) is 12.2. The number of amides is 1. The Labute approximate surface area is 167 Å². The van der Waals surface area contributed by atoms with Crippen molar-refractivity contribution in [3.8, 4) is 0 Å². The Morgan fingerprint density at radius 2 is 1.67 bits per heavy atom. The molecule has 2 unspecified atom stereocenters. The zero-order valence-corrected chi connectivity index (χ0v) is 18.4. The predicted octanol–water partition coefficient (Wildman–Crippen LogP) is 6.34. The van der Waals surface area contributed by atoms with E-state index in [2.05, 4.69) is 33.0 Å². The van der Waals surface area contributed by atoms with E-state index in [-0.39, 0.29) is 5.41 Å². The smallest absolute Gasteiger partial charge is 0.226 e. The molecule has 1 amide bonds. The highest BCUT2D eigenvalue weighted by molar-refractivity contribution is 5.83. The third-order valence-corrected chi connectivity index (χ3v) is 9.82. The maximum atomic E-state index is 13.5. The summed E-state index contributed by atoms with van der Waals surface area (Å²) in [6, 6.07) is 0.459. The molecule has 2 heteroatoms. The van der Waals surface area contributed by atoms with Crippen LogP contribution in [0.1, 0.15) is 105 Å². The highest BCUT2D eigenvalue weighted by Gasteiger charge is 2.59. The third kappa shape index (κ3) is 3.38. The number of hydrogen-bond donors (Lipinski definition) is 1. The van der Waals surface area contributed by atoms with Gasteiger partial charge in [-0.05, 0) is 92.8 Å². The summed E-state index contributed by atoms with van der Waals surface area (Å²) < 4.78 is 0. The van der Waals surface area contributed by atoms with Crippen LogP contribution in [0.2, 0.25) is 0 Å². The van der Waals surface area contributed by atoms with E-state index in [1.54, 1.807) is 0 Å². The van der Waals surface area contributed by atoms with Crippen LogP contribution in [0.4, 0.5) is 0 Å². The van der Waals surface area contributed by atoms with E-state index in [9.17, 15) is 4.79 Å². The molecule has 1 N–H and O–H groups in total. The van der Waals surface area contributed by atoms with Gasteiger partial charge < -0.3 is 5.32 Å². The van der Waals surface area contributed by atoms with Crippen LogP contribution < -0.4 is 5.32 Å². The molecule has 6 atom stereocenters. The molecule has 0 aliphatic heterocycles. The van der Waals surface area contributed by atoms with Crippen molar-refractivity contribution in [2.24, 2.45) is 40.4 Å². The molecule has 0 heterocycles. The molecule has 0 aromatic heterocycles. The summed E-state index contributed by atoms with van der Waals surface area (Å²) >= 11 is 0. The van der Waals surface area contributed by atoms with Crippen LogP contribution in [-0.4, -0.2) is 11.9 Å². The second-order valence-electron chi connectivity index (χ2n) is 11.5. The van der Waals surface area contributed by atoms with Crippen LogP contribution >= 0.6 is 0 Å². The van der Waals surface area contributed by atoms with Crippen LogP contribution in [0.15, 0.2) is 0 Å². The third-order valence-electron chi connectivity index (χ3n) is 9.82. The van der Waals surface area contributed by atoms with Gasteiger partial charge in [-0.25, -0.2) is 0 Å². The lowest BCUT2D eigenvalue weighted by molar-refractivity contribution is -0.157. The maximum Gasteiger partial charge on any atom is 0.226 e. The molecule has 0 saturated heterocycles. The lowest BCUT2D eigenvalue weighted by atomic mass is 9.43. The van der Waals surface area contributed by atoms with Gasteiger partial charge in [0, 0.05) is 11.5 Å². The van der Waals surface area contributed by atoms with Gasteiger partial charge in [0.1, 0.15) is 0 Å². The van der Waals surface area contributed by atoms with Crippen molar-refractivity contribution in [1.82, 2.24) is 5.32 Å². The van der Waals surface area contributed by atoms with Gasteiger partial charge in [-0.3, -0.25) is 4.79 Å². The second kappa shape index (κ2) is 7.38. The van der Waals surface area contributed by atoms with Gasteiger partial charge in [-0.1, -0.05) is 47.0 Å². The fraction of sp³-hybridized carbons (Fsp3) is 0.960. The molecular formula is C25H43NO. The summed E-state index contributed by atoms with van der Waals surface area (Å²) in [5.41, 5.74) is 0.264. The van der Waals surface area contributed by atoms with E-state index in [0.717, 1.165) is 30.1 Å². The first kappa shape index (κ1) is 19.8. The van der Waals surface area contributed by atoms with Gasteiger partial charge in [-0.2, -0.15) is 0 Å². The van der Waals surface area contributed by atoms with E-state index in [1.165, 1.54) is 70.6 Å². The van der Waals surface area contributed by atoms with Crippen LogP contribution in [0.25, 0.3) is 0 Å². The molecule has 4 aliphatic rings. The highest BCUT2D eigenvalue weighted by atomic mass is 16.2. The van der Waals surface area contributed by atoms with E-state index in [4.69, 9.17) is 0 Å². The van der Waals surface area contributed by atoms with Gasteiger partial charge in [0.15, 0.2) is 0 Å². The Kier molecular flexibility index (Phi) is 5.40. The Morgan fingerprint density at radius 3 is 2.37 bits per heavy atom. The van der Waals surface area contributed by atoms with Crippen molar-refractivity contribution in [3.05, 3.63) is 0 Å². The van der Waals surface area contributed by atoms with Gasteiger partial charge >= 0.3 is 0 Å². The second-order valence-corrected chi connectivity index (χ2v) is 11.5. The van der Waals surface area contributed by atoms with E-state index in [0.29, 0.717) is 23.3 Å². The molecule has 0 aromatic rings. The Bertz CT molecular complexity index is 551. The number of hydrogen-bond acceptors (Lipinski definition) is 1. The summed E-state index contributed by atoms with van der Waals surface area (Å²) in [7, 11) is 0. The molecule has 0 aromatic carbocycles. The van der Waals surface area contributed by atoms with Crippen molar-refractivity contribution in [2.75, 3.05) is 0 Å². The van der Waals surface area contributed by atoms with Crippen LogP contribution in [0.3, 0.4) is 0 Å². The van der Waals surface area contributed by atoms with Crippen molar-refractivity contribution in [1.29, 1.82) is 0 Å². The van der Waals surface area contributed by atoms with Crippen LogP contribution in [0.5, 0.6) is 0 Å². The maximum absolute atomic E-state index is 13.5. The summed E-state index contributed by atoms with van der Waals surface area (Å²) in [5, 5.41) is 3.49. The number of rotatable bonds is 3. The van der Waals surface area contributed by atoms with Gasteiger partial charge in [0.2, 0.25) is 5.91 Å². The van der Waals surface area contributed by atoms with Gasteiger partial charge in [0.25, 0.3) is 0 Å². The zero-order valence-electron chi connectivity index (χ0n) is 18.4. The summed E-state index contributed by atoms with van der Waals surface area (Å²) in [4.78, 5) is 13.5. The molecule has 2 nitrogen and oxygen atoms in total. The highest BCUT2D eigenvalue weighted by Crippen LogP contribution is 2.64. The van der Waals surface area contributed by atoms with Crippen molar-refractivity contribution in [3.63, 3.8) is 0 Å². The molecule has 4 aliphatic carbocycles. The average molecular weight is 374 g/mol. The van der Waals surface area contributed by atoms with E-state index < -0.39 is 0 Å². The fourth-order valence-electron chi connectivity index (χ4n) is 8.17. The van der Waals surface area contributed by atoms with Gasteiger partial charge in [-0.15, -0.1) is 0 Å². The lowest BCUT2D eigenvalue weighted by Gasteiger charge is -2.61. The first-order chi connectivity index (χ1) is 12.8. The summed E-state index contributed by atoms with van der Waals surface area (Å²) in [6.45, 7) is 9.76. The minimum atomic E-state index is -0.130. The number of carbonyl (C=O) groups is 1. The Hall–Kier alpha value is -0.530. The molecular weight excluding hydrogens is 330 g/mol. The molecule has 4 rings (SSSR count). The summed E-state index contributed by atoms with van der Waals surface area (Å²) in [6.07, 6.45) is 15.7. The van der Waals surface area contributed by atoms with E-state index >= 15 is 0 Å². The molecule has 154 valence electrons. The summed E-state index contributed by atoms with van der Waals surface area (Å²) in [5.74, 6) is 4.56. The Morgan fingerprint density at radius 1 is 0.926 bits per heavy atom. The molecule has 0 radical (unpaired) electrons. The number of carbonyl (C=O) groups excluding carboxylic acids is 1.